The first kappa shape index (κ1) is 31.1. The quantitative estimate of drug-likeness (QED) is 0.179. The highest BCUT2D eigenvalue weighted by molar-refractivity contribution is 6.20. The summed E-state index contributed by atoms with van der Waals surface area (Å²) in [5.41, 5.74) is 9.10. The van der Waals surface area contributed by atoms with Gasteiger partial charge in [0.15, 0.2) is 17.5 Å². The number of hydrogen-bond acceptors (Lipinski definition) is 4. The normalized spacial score (nSPS) is 11.6. The lowest BCUT2D eigenvalue weighted by Gasteiger charge is -2.11. The highest BCUT2D eigenvalue weighted by atomic mass is 16.3. The molecule has 0 radical (unpaired) electrons. The fourth-order valence-electron chi connectivity index (χ4n) is 7.92. The number of aromatic nitrogens is 3. The third-order valence-corrected chi connectivity index (χ3v) is 10.7. The molecule has 256 valence electrons. The second-order valence-electron chi connectivity index (χ2n) is 14.0. The van der Waals surface area contributed by atoms with E-state index in [2.05, 4.69) is 158 Å². The molecule has 11 rings (SSSR count). The molecule has 0 aliphatic carbocycles. The standard InChI is InChI=1S/C51H31N3O/c1-2-13-35(14-3-1)49-52-50(54-51(53-49)40-28-22-33-12-5-7-16-38(33)30-40)36-25-23-34(24-26-36)45-31-46-44-20-10-19-41(39-27-21-32-11-4-6-15-37(32)29-39)47(44)55-48(46)43-18-9-8-17-42(43)45/h1-31H. The van der Waals surface area contributed by atoms with E-state index in [1.165, 1.54) is 16.2 Å². The summed E-state index contributed by atoms with van der Waals surface area (Å²) in [6, 6.07) is 65.8. The molecule has 0 N–H and O–H groups in total. The Morgan fingerprint density at radius 1 is 0.273 bits per heavy atom. The van der Waals surface area contributed by atoms with Crippen molar-refractivity contribution in [3.8, 4) is 56.4 Å². The zero-order chi connectivity index (χ0) is 36.3. The van der Waals surface area contributed by atoms with Gasteiger partial charge in [0.25, 0.3) is 0 Å². The molecule has 0 amide bonds. The Labute approximate surface area is 317 Å². The van der Waals surface area contributed by atoms with Crippen LogP contribution in [0.3, 0.4) is 0 Å². The summed E-state index contributed by atoms with van der Waals surface area (Å²) in [6.45, 7) is 0. The summed E-state index contributed by atoms with van der Waals surface area (Å²) in [5.74, 6) is 1.92. The molecule has 9 aromatic carbocycles. The Hall–Kier alpha value is -7.43. The van der Waals surface area contributed by atoms with Crippen LogP contribution in [0, 0.1) is 0 Å². The first-order valence-electron chi connectivity index (χ1n) is 18.5. The lowest BCUT2D eigenvalue weighted by molar-refractivity contribution is 0.674. The van der Waals surface area contributed by atoms with Crippen molar-refractivity contribution in [3.63, 3.8) is 0 Å². The van der Waals surface area contributed by atoms with Crippen molar-refractivity contribution in [1.29, 1.82) is 0 Å². The Kier molecular flexibility index (Phi) is 7.14. The topological polar surface area (TPSA) is 51.8 Å². The number of furan rings is 1. The number of nitrogens with zero attached hydrogens (tertiary/aromatic N) is 3. The molecule has 0 atom stereocenters. The van der Waals surface area contributed by atoms with E-state index in [1.807, 2.05) is 30.3 Å². The average Bonchev–Trinajstić information content (AvgIpc) is 3.65. The average molecular weight is 702 g/mol. The molecule has 0 aliphatic rings. The molecule has 0 bridgehead atoms. The molecule has 0 unspecified atom stereocenters. The predicted octanol–water partition coefficient (Wildman–Crippen LogP) is 13.6. The fourth-order valence-corrected chi connectivity index (χ4v) is 7.92. The summed E-state index contributed by atoms with van der Waals surface area (Å²) in [5, 5.41) is 9.18. The van der Waals surface area contributed by atoms with Gasteiger partial charge in [-0.25, -0.2) is 15.0 Å². The fraction of sp³-hybridized carbons (Fsp3) is 0. The molecule has 0 aliphatic heterocycles. The summed E-state index contributed by atoms with van der Waals surface area (Å²) in [7, 11) is 0. The maximum Gasteiger partial charge on any atom is 0.164 e. The lowest BCUT2D eigenvalue weighted by atomic mass is 9.94. The Balaban J connectivity index is 1.04. The van der Waals surface area contributed by atoms with Crippen molar-refractivity contribution in [1.82, 2.24) is 15.0 Å². The molecule has 0 fully saturated rings. The number of rotatable bonds is 5. The molecule has 4 heteroatoms. The maximum atomic E-state index is 6.83. The van der Waals surface area contributed by atoms with Crippen LogP contribution in [0.5, 0.6) is 0 Å². The summed E-state index contributed by atoms with van der Waals surface area (Å²) in [6.07, 6.45) is 0. The smallest absolute Gasteiger partial charge is 0.164 e. The SMILES string of the molecule is c1ccc(-c2nc(-c3ccc(-c4cc5c6cccc(-c7ccc8ccccc8c7)c6oc5c5ccccc45)cc3)nc(-c3ccc4ccccc4c3)n2)cc1. The first-order valence-corrected chi connectivity index (χ1v) is 18.5. The van der Waals surface area contributed by atoms with Crippen molar-refractivity contribution in [2.45, 2.75) is 0 Å². The van der Waals surface area contributed by atoms with E-state index in [1.54, 1.807) is 0 Å². The van der Waals surface area contributed by atoms with Crippen LogP contribution >= 0.6 is 0 Å². The van der Waals surface area contributed by atoms with Crippen molar-refractivity contribution >= 4 is 54.3 Å². The van der Waals surface area contributed by atoms with Gasteiger partial charge >= 0.3 is 0 Å². The van der Waals surface area contributed by atoms with Crippen LogP contribution in [0.15, 0.2) is 192 Å². The number of para-hydroxylation sites is 1. The van der Waals surface area contributed by atoms with Crippen molar-refractivity contribution in [3.05, 3.63) is 188 Å². The maximum absolute atomic E-state index is 6.83. The third kappa shape index (κ3) is 5.34. The monoisotopic (exact) mass is 701 g/mol. The van der Waals surface area contributed by atoms with Gasteiger partial charge in [-0.15, -0.1) is 0 Å². The van der Waals surface area contributed by atoms with Crippen LogP contribution in [-0.2, 0) is 0 Å². The van der Waals surface area contributed by atoms with E-state index in [0.29, 0.717) is 17.5 Å². The zero-order valence-corrected chi connectivity index (χ0v) is 29.6. The van der Waals surface area contributed by atoms with Gasteiger partial charge < -0.3 is 4.42 Å². The Morgan fingerprint density at radius 3 is 1.47 bits per heavy atom. The summed E-state index contributed by atoms with van der Waals surface area (Å²) >= 11 is 0. The van der Waals surface area contributed by atoms with Gasteiger partial charge in [0.1, 0.15) is 11.2 Å². The molecule has 0 spiro atoms. The molecule has 55 heavy (non-hydrogen) atoms. The second-order valence-corrected chi connectivity index (χ2v) is 14.0. The largest absolute Gasteiger partial charge is 0.455 e. The number of hydrogen-bond donors (Lipinski definition) is 0. The van der Waals surface area contributed by atoms with Crippen LogP contribution < -0.4 is 0 Å². The molecule has 2 heterocycles. The number of fused-ring (bicyclic) bond motifs is 7. The minimum absolute atomic E-state index is 0.630. The van der Waals surface area contributed by atoms with E-state index in [0.717, 1.165) is 77.0 Å². The molecule has 2 aromatic heterocycles. The van der Waals surface area contributed by atoms with Gasteiger partial charge in [0.05, 0.1) is 0 Å². The van der Waals surface area contributed by atoms with Crippen molar-refractivity contribution in [2.24, 2.45) is 0 Å². The van der Waals surface area contributed by atoms with E-state index < -0.39 is 0 Å². The predicted molar refractivity (Wildman–Crippen MR) is 227 cm³/mol. The van der Waals surface area contributed by atoms with Crippen LogP contribution in [-0.4, -0.2) is 15.0 Å². The summed E-state index contributed by atoms with van der Waals surface area (Å²) < 4.78 is 6.83. The van der Waals surface area contributed by atoms with Gasteiger partial charge in [-0.2, -0.15) is 0 Å². The highest BCUT2D eigenvalue weighted by Gasteiger charge is 2.18. The molecule has 11 aromatic rings. The van der Waals surface area contributed by atoms with Crippen LogP contribution in [0.4, 0.5) is 0 Å². The van der Waals surface area contributed by atoms with Crippen molar-refractivity contribution < 1.29 is 4.42 Å². The van der Waals surface area contributed by atoms with Gasteiger partial charge in [0, 0.05) is 38.4 Å². The first-order chi connectivity index (χ1) is 27.2. The van der Waals surface area contributed by atoms with E-state index in [9.17, 15) is 0 Å². The van der Waals surface area contributed by atoms with Gasteiger partial charge in [0.2, 0.25) is 0 Å². The van der Waals surface area contributed by atoms with Gasteiger partial charge in [-0.05, 0) is 61.8 Å². The minimum Gasteiger partial charge on any atom is -0.455 e. The molecular formula is C51H31N3O. The van der Waals surface area contributed by atoms with E-state index in [4.69, 9.17) is 19.4 Å². The van der Waals surface area contributed by atoms with Gasteiger partial charge in [-0.1, -0.05) is 170 Å². The van der Waals surface area contributed by atoms with E-state index >= 15 is 0 Å². The van der Waals surface area contributed by atoms with E-state index in [-0.39, 0.29) is 0 Å². The summed E-state index contributed by atoms with van der Waals surface area (Å²) in [4.78, 5) is 15.0. The zero-order valence-electron chi connectivity index (χ0n) is 29.6. The number of benzene rings is 9. The molecule has 0 saturated heterocycles. The Morgan fingerprint density at radius 2 is 0.764 bits per heavy atom. The third-order valence-electron chi connectivity index (χ3n) is 10.7. The second kappa shape index (κ2) is 12.6. The van der Waals surface area contributed by atoms with Crippen LogP contribution in [0.25, 0.3) is 111 Å². The Bertz CT molecular complexity index is 3260. The minimum atomic E-state index is 0.630. The highest BCUT2D eigenvalue weighted by Crippen LogP contribution is 2.43. The molecular weight excluding hydrogens is 671 g/mol. The lowest BCUT2D eigenvalue weighted by Crippen LogP contribution is -2.00. The van der Waals surface area contributed by atoms with Crippen LogP contribution in [0.1, 0.15) is 0 Å². The molecule has 0 saturated carbocycles. The van der Waals surface area contributed by atoms with Crippen molar-refractivity contribution in [2.75, 3.05) is 0 Å². The van der Waals surface area contributed by atoms with Gasteiger partial charge in [-0.3, -0.25) is 0 Å². The molecule has 4 nitrogen and oxygen atoms in total. The van der Waals surface area contributed by atoms with Crippen LogP contribution in [0.2, 0.25) is 0 Å².